The number of nitrogen functional groups attached to an aromatic ring is 1. The van der Waals surface area contributed by atoms with E-state index in [2.05, 4.69) is 0 Å². The van der Waals surface area contributed by atoms with Gasteiger partial charge in [0.15, 0.2) is 9.84 Å². The summed E-state index contributed by atoms with van der Waals surface area (Å²) in [5, 5.41) is 0. The Morgan fingerprint density at radius 1 is 1.31 bits per heavy atom. The normalized spacial score (nSPS) is 23.4. The Labute approximate surface area is 95.3 Å². The zero-order valence-electron chi connectivity index (χ0n) is 8.93. The van der Waals surface area contributed by atoms with Gasteiger partial charge in [0.2, 0.25) is 0 Å². The highest BCUT2D eigenvalue weighted by atomic mass is 32.2. The van der Waals surface area contributed by atoms with Crippen LogP contribution in [0, 0.1) is 0 Å². The Balaban J connectivity index is 1.87. The number of ether oxygens (including phenoxy) is 1. The summed E-state index contributed by atoms with van der Waals surface area (Å²) in [4.78, 5) is 0. The Hall–Kier alpha value is -1.07. The van der Waals surface area contributed by atoms with Crippen molar-refractivity contribution in [3.63, 3.8) is 0 Å². The van der Waals surface area contributed by atoms with E-state index in [4.69, 9.17) is 10.5 Å². The quantitative estimate of drug-likeness (QED) is 0.801. The molecule has 1 aromatic carbocycles. The molecule has 1 aliphatic heterocycles. The highest BCUT2D eigenvalue weighted by molar-refractivity contribution is 7.91. The summed E-state index contributed by atoms with van der Waals surface area (Å²) < 4.78 is 27.9. The molecule has 1 aliphatic rings. The maximum absolute atomic E-state index is 11.2. The lowest BCUT2D eigenvalue weighted by atomic mass is 10.2. The average Bonchev–Trinajstić information content (AvgIpc) is 2.58. The highest BCUT2D eigenvalue weighted by Crippen LogP contribution is 2.16. The smallest absolute Gasteiger partial charge is 0.152 e. The van der Waals surface area contributed by atoms with Gasteiger partial charge in [-0.05, 0) is 24.1 Å². The maximum Gasteiger partial charge on any atom is 0.152 e. The van der Waals surface area contributed by atoms with Crippen molar-refractivity contribution in [2.75, 3.05) is 17.2 Å². The van der Waals surface area contributed by atoms with Crippen molar-refractivity contribution in [3.8, 4) is 0 Å². The Morgan fingerprint density at radius 2 is 2.00 bits per heavy atom. The summed E-state index contributed by atoms with van der Waals surface area (Å²) in [6.45, 7) is 0.445. The lowest BCUT2D eigenvalue weighted by Crippen LogP contribution is -2.14. The molecule has 4 nitrogen and oxygen atoms in total. The van der Waals surface area contributed by atoms with Gasteiger partial charge in [-0.25, -0.2) is 8.42 Å². The highest BCUT2D eigenvalue weighted by Gasteiger charge is 2.28. The second-order valence-corrected chi connectivity index (χ2v) is 6.31. The van der Waals surface area contributed by atoms with Gasteiger partial charge >= 0.3 is 0 Å². The third kappa shape index (κ3) is 2.96. The first-order chi connectivity index (χ1) is 7.55. The van der Waals surface area contributed by atoms with Crippen LogP contribution in [0.2, 0.25) is 0 Å². The van der Waals surface area contributed by atoms with E-state index >= 15 is 0 Å². The minimum Gasteiger partial charge on any atom is -0.399 e. The molecule has 1 aromatic rings. The van der Waals surface area contributed by atoms with Crippen LogP contribution in [0.4, 0.5) is 5.69 Å². The molecule has 1 heterocycles. The Bertz CT molecular complexity index is 453. The van der Waals surface area contributed by atoms with Gasteiger partial charge in [-0.3, -0.25) is 0 Å². The first-order valence-corrected chi connectivity index (χ1v) is 7.04. The molecule has 5 heteroatoms. The molecule has 0 bridgehead atoms. The van der Waals surface area contributed by atoms with E-state index in [-0.39, 0.29) is 17.6 Å². The molecule has 0 saturated carbocycles. The number of nitrogens with two attached hydrogens (primary N) is 1. The van der Waals surface area contributed by atoms with Gasteiger partial charge in [-0.2, -0.15) is 0 Å². The molecule has 1 saturated heterocycles. The molecule has 0 aromatic heterocycles. The predicted molar refractivity (Wildman–Crippen MR) is 62.7 cm³/mol. The van der Waals surface area contributed by atoms with Crippen molar-refractivity contribution in [1.82, 2.24) is 0 Å². The van der Waals surface area contributed by atoms with Gasteiger partial charge in [0, 0.05) is 5.69 Å². The van der Waals surface area contributed by atoms with Crippen molar-refractivity contribution in [2.45, 2.75) is 19.1 Å². The molecule has 2 rings (SSSR count). The molecule has 2 N–H and O–H groups in total. The predicted octanol–water partition coefficient (Wildman–Crippen LogP) is 0.972. The van der Waals surface area contributed by atoms with E-state index < -0.39 is 9.84 Å². The SMILES string of the molecule is Nc1ccc(COC2CCS(=O)(=O)C2)cc1. The molecule has 1 atom stereocenters. The van der Waals surface area contributed by atoms with E-state index in [0.29, 0.717) is 18.7 Å². The summed E-state index contributed by atoms with van der Waals surface area (Å²) in [6.07, 6.45) is 0.458. The fourth-order valence-corrected chi connectivity index (χ4v) is 3.34. The van der Waals surface area contributed by atoms with Crippen molar-refractivity contribution in [2.24, 2.45) is 0 Å². The fourth-order valence-electron chi connectivity index (χ4n) is 1.72. The fraction of sp³-hybridized carbons (Fsp3) is 0.455. The van der Waals surface area contributed by atoms with E-state index in [1.54, 1.807) is 0 Å². The molecular formula is C11H15NO3S. The monoisotopic (exact) mass is 241 g/mol. The Kier molecular flexibility index (Phi) is 3.16. The standard InChI is InChI=1S/C11H15NO3S/c12-10-3-1-9(2-4-10)7-15-11-5-6-16(13,14)8-11/h1-4,11H,5-8,12H2. The third-order valence-corrected chi connectivity index (χ3v) is 4.39. The van der Waals surface area contributed by atoms with Crippen LogP contribution < -0.4 is 5.73 Å². The van der Waals surface area contributed by atoms with Gasteiger partial charge in [-0.15, -0.1) is 0 Å². The van der Waals surface area contributed by atoms with Crippen LogP contribution in [0.3, 0.4) is 0 Å². The van der Waals surface area contributed by atoms with Crippen molar-refractivity contribution in [1.29, 1.82) is 0 Å². The third-order valence-electron chi connectivity index (χ3n) is 2.66. The van der Waals surface area contributed by atoms with Gasteiger partial charge < -0.3 is 10.5 Å². The summed E-state index contributed by atoms with van der Waals surface area (Å²) in [5.41, 5.74) is 7.29. The van der Waals surface area contributed by atoms with Crippen LogP contribution in [0.5, 0.6) is 0 Å². The van der Waals surface area contributed by atoms with E-state index in [1.165, 1.54) is 0 Å². The van der Waals surface area contributed by atoms with Crippen LogP contribution >= 0.6 is 0 Å². The zero-order chi connectivity index (χ0) is 11.6. The molecule has 88 valence electrons. The van der Waals surface area contributed by atoms with Gasteiger partial charge in [-0.1, -0.05) is 12.1 Å². The van der Waals surface area contributed by atoms with Crippen LogP contribution in [-0.4, -0.2) is 26.0 Å². The summed E-state index contributed by atoms with van der Waals surface area (Å²) >= 11 is 0. The maximum atomic E-state index is 11.2. The van der Waals surface area contributed by atoms with E-state index in [1.807, 2.05) is 24.3 Å². The second-order valence-electron chi connectivity index (χ2n) is 4.08. The van der Waals surface area contributed by atoms with Crippen LogP contribution in [0.15, 0.2) is 24.3 Å². The van der Waals surface area contributed by atoms with Gasteiger partial charge in [0.25, 0.3) is 0 Å². The summed E-state index contributed by atoms with van der Waals surface area (Å²) in [6, 6.07) is 7.39. The van der Waals surface area contributed by atoms with Crippen molar-refractivity contribution < 1.29 is 13.2 Å². The van der Waals surface area contributed by atoms with Crippen LogP contribution in [0.1, 0.15) is 12.0 Å². The lowest BCUT2D eigenvalue weighted by molar-refractivity contribution is 0.0581. The largest absolute Gasteiger partial charge is 0.399 e. The van der Waals surface area contributed by atoms with E-state index in [0.717, 1.165) is 5.56 Å². The van der Waals surface area contributed by atoms with Crippen LogP contribution in [-0.2, 0) is 21.2 Å². The molecule has 1 fully saturated rings. The first kappa shape index (κ1) is 11.4. The topological polar surface area (TPSA) is 69.4 Å². The number of sulfone groups is 1. The molecule has 1 unspecified atom stereocenters. The number of rotatable bonds is 3. The Morgan fingerprint density at radius 3 is 2.56 bits per heavy atom. The van der Waals surface area contributed by atoms with Crippen molar-refractivity contribution in [3.05, 3.63) is 29.8 Å². The number of hydrogen-bond acceptors (Lipinski definition) is 4. The number of benzene rings is 1. The minimum absolute atomic E-state index is 0.150. The summed E-state index contributed by atoms with van der Waals surface area (Å²) in [5.74, 6) is 0.404. The summed E-state index contributed by atoms with van der Waals surface area (Å²) in [7, 11) is -2.85. The number of anilines is 1. The van der Waals surface area contributed by atoms with Gasteiger partial charge in [0.05, 0.1) is 24.2 Å². The second kappa shape index (κ2) is 4.43. The minimum atomic E-state index is -2.85. The first-order valence-electron chi connectivity index (χ1n) is 5.22. The average molecular weight is 241 g/mol. The molecule has 0 amide bonds. The van der Waals surface area contributed by atoms with E-state index in [9.17, 15) is 8.42 Å². The van der Waals surface area contributed by atoms with Crippen molar-refractivity contribution >= 4 is 15.5 Å². The van der Waals surface area contributed by atoms with Crippen LogP contribution in [0.25, 0.3) is 0 Å². The molecule has 16 heavy (non-hydrogen) atoms. The molecule has 0 aliphatic carbocycles. The molecular weight excluding hydrogens is 226 g/mol. The lowest BCUT2D eigenvalue weighted by Gasteiger charge is -2.09. The molecule has 0 radical (unpaired) electrons. The zero-order valence-corrected chi connectivity index (χ0v) is 9.74. The molecule has 0 spiro atoms. The number of hydrogen-bond donors (Lipinski definition) is 1. The van der Waals surface area contributed by atoms with Gasteiger partial charge in [0.1, 0.15) is 0 Å².